The van der Waals surface area contributed by atoms with Crippen LogP contribution in [0.1, 0.15) is 23.3 Å². The molecule has 1 amide bonds. The van der Waals surface area contributed by atoms with Gasteiger partial charge in [0.05, 0.1) is 17.7 Å². The predicted octanol–water partition coefficient (Wildman–Crippen LogP) is 2.73. The Morgan fingerprint density at radius 2 is 1.96 bits per heavy atom. The molecule has 1 unspecified atom stereocenters. The van der Waals surface area contributed by atoms with Crippen molar-refractivity contribution < 1.29 is 22.7 Å². The third kappa shape index (κ3) is 4.70. The van der Waals surface area contributed by atoms with Crippen LogP contribution in [0.15, 0.2) is 68.8 Å². The van der Waals surface area contributed by atoms with Gasteiger partial charge in [0, 0.05) is 18.2 Å². The van der Waals surface area contributed by atoms with Crippen molar-refractivity contribution in [3.63, 3.8) is 0 Å². The molecule has 3 rings (SSSR count). The van der Waals surface area contributed by atoms with Crippen LogP contribution in [-0.2, 0) is 26.7 Å². The summed E-state index contributed by atoms with van der Waals surface area (Å²) in [6.07, 6.45) is 3.32. The summed E-state index contributed by atoms with van der Waals surface area (Å²) < 4.78 is 28.4. The Kier molecular flexibility index (Phi) is 6.02. The SMILES string of the molecule is CS(=O)(=O)c1ccc(CCC(=O)NCC(O)(c2ccsc2)c2ccco2)cc1. The molecule has 0 spiro atoms. The molecule has 2 N–H and O–H groups in total. The van der Waals surface area contributed by atoms with Crippen LogP contribution >= 0.6 is 11.3 Å². The van der Waals surface area contributed by atoms with Crippen LogP contribution in [-0.4, -0.2) is 32.2 Å². The Morgan fingerprint density at radius 3 is 2.54 bits per heavy atom. The number of hydrogen-bond acceptors (Lipinski definition) is 6. The molecule has 0 saturated heterocycles. The van der Waals surface area contributed by atoms with Gasteiger partial charge in [-0.05, 0) is 53.1 Å². The van der Waals surface area contributed by atoms with E-state index in [1.165, 1.54) is 29.7 Å². The summed E-state index contributed by atoms with van der Waals surface area (Å²) in [7, 11) is -3.23. The number of aryl methyl sites for hydroxylation is 1. The molecule has 1 atom stereocenters. The van der Waals surface area contributed by atoms with Gasteiger partial charge in [-0.2, -0.15) is 11.3 Å². The molecule has 2 heterocycles. The fraction of sp³-hybridized carbons (Fsp3) is 0.250. The zero-order valence-electron chi connectivity index (χ0n) is 15.3. The fourth-order valence-electron chi connectivity index (χ4n) is 2.82. The standard InChI is InChI=1S/C20H21NO5S2/c1-28(24,25)17-7-4-15(5-8-17)6-9-19(22)21-14-20(23,16-10-12-27-13-16)18-3-2-11-26-18/h2-5,7-8,10-13,23H,6,9,14H2,1H3,(H,21,22). The third-order valence-corrected chi connectivity index (χ3v) is 6.27. The highest BCUT2D eigenvalue weighted by molar-refractivity contribution is 7.90. The molecule has 0 aliphatic heterocycles. The van der Waals surface area contributed by atoms with E-state index in [1.54, 1.807) is 30.3 Å². The van der Waals surface area contributed by atoms with E-state index in [4.69, 9.17) is 4.42 Å². The maximum absolute atomic E-state index is 12.3. The average Bonchev–Trinajstić information content (AvgIpc) is 3.38. The molecule has 1 aromatic carbocycles. The normalized spacial score (nSPS) is 13.8. The summed E-state index contributed by atoms with van der Waals surface area (Å²) in [6, 6.07) is 11.6. The third-order valence-electron chi connectivity index (χ3n) is 4.46. The quantitative estimate of drug-likeness (QED) is 0.585. The Labute approximate surface area is 167 Å². The molecule has 0 radical (unpaired) electrons. The highest BCUT2D eigenvalue weighted by atomic mass is 32.2. The van der Waals surface area contributed by atoms with Crippen LogP contribution in [0.25, 0.3) is 0 Å². The molecule has 0 fully saturated rings. The van der Waals surface area contributed by atoms with Crippen LogP contribution in [0.3, 0.4) is 0 Å². The second-order valence-electron chi connectivity index (χ2n) is 6.54. The molecule has 8 heteroatoms. The van der Waals surface area contributed by atoms with Gasteiger partial charge in [-0.15, -0.1) is 0 Å². The number of benzene rings is 1. The minimum atomic E-state index is -3.23. The predicted molar refractivity (Wildman–Crippen MR) is 107 cm³/mol. The first kappa shape index (κ1) is 20.3. The molecule has 0 saturated carbocycles. The summed E-state index contributed by atoms with van der Waals surface area (Å²) >= 11 is 1.45. The lowest BCUT2D eigenvalue weighted by Crippen LogP contribution is -2.41. The van der Waals surface area contributed by atoms with Crippen molar-refractivity contribution >= 4 is 27.1 Å². The molecule has 0 bridgehead atoms. The second kappa shape index (κ2) is 8.30. The van der Waals surface area contributed by atoms with Gasteiger partial charge in [-0.1, -0.05) is 12.1 Å². The highest BCUT2D eigenvalue weighted by Crippen LogP contribution is 2.31. The lowest BCUT2D eigenvalue weighted by atomic mass is 9.93. The van der Waals surface area contributed by atoms with E-state index in [1.807, 2.05) is 10.8 Å². The Balaban J connectivity index is 1.60. The van der Waals surface area contributed by atoms with Crippen molar-refractivity contribution in [2.75, 3.05) is 12.8 Å². The van der Waals surface area contributed by atoms with Gasteiger partial charge in [0.15, 0.2) is 15.4 Å². The zero-order valence-corrected chi connectivity index (χ0v) is 16.9. The van der Waals surface area contributed by atoms with Gasteiger partial charge in [-0.25, -0.2) is 8.42 Å². The van der Waals surface area contributed by atoms with E-state index in [0.29, 0.717) is 17.7 Å². The molecule has 0 aliphatic carbocycles. The Hall–Kier alpha value is -2.42. The highest BCUT2D eigenvalue weighted by Gasteiger charge is 2.35. The molecule has 148 valence electrons. The van der Waals surface area contributed by atoms with Gasteiger partial charge in [0.1, 0.15) is 5.76 Å². The van der Waals surface area contributed by atoms with Gasteiger partial charge in [0.25, 0.3) is 0 Å². The van der Waals surface area contributed by atoms with E-state index < -0.39 is 15.4 Å². The smallest absolute Gasteiger partial charge is 0.220 e. The number of hydrogen-bond donors (Lipinski definition) is 2. The molecule has 28 heavy (non-hydrogen) atoms. The first-order valence-corrected chi connectivity index (χ1v) is 11.5. The van der Waals surface area contributed by atoms with Crippen molar-refractivity contribution in [2.45, 2.75) is 23.3 Å². The maximum atomic E-state index is 12.3. The molecule has 6 nitrogen and oxygen atoms in total. The van der Waals surface area contributed by atoms with Gasteiger partial charge < -0.3 is 14.8 Å². The summed E-state index contributed by atoms with van der Waals surface area (Å²) in [5, 5.41) is 17.5. The first-order valence-electron chi connectivity index (χ1n) is 8.64. The van der Waals surface area contributed by atoms with Crippen molar-refractivity contribution in [3.8, 4) is 0 Å². The molecule has 0 aliphatic rings. The minimum Gasteiger partial charge on any atom is -0.466 e. The van der Waals surface area contributed by atoms with Crippen LogP contribution in [0.5, 0.6) is 0 Å². The minimum absolute atomic E-state index is 0.0108. The number of carbonyl (C=O) groups excluding carboxylic acids is 1. The zero-order chi connectivity index (χ0) is 20.2. The van der Waals surface area contributed by atoms with E-state index in [2.05, 4.69) is 5.32 Å². The lowest BCUT2D eigenvalue weighted by Gasteiger charge is -2.25. The van der Waals surface area contributed by atoms with E-state index in [-0.39, 0.29) is 23.8 Å². The van der Waals surface area contributed by atoms with Crippen LogP contribution in [0, 0.1) is 0 Å². The summed E-state index contributed by atoms with van der Waals surface area (Å²) in [5.41, 5.74) is 0.0850. The summed E-state index contributed by atoms with van der Waals surface area (Å²) in [5.74, 6) is 0.148. The summed E-state index contributed by atoms with van der Waals surface area (Å²) in [4.78, 5) is 12.5. The van der Waals surface area contributed by atoms with Gasteiger partial charge in [0.2, 0.25) is 5.91 Å². The number of sulfone groups is 1. The molecular formula is C20H21NO5S2. The lowest BCUT2D eigenvalue weighted by molar-refractivity contribution is -0.122. The monoisotopic (exact) mass is 419 g/mol. The second-order valence-corrected chi connectivity index (χ2v) is 9.34. The van der Waals surface area contributed by atoms with Gasteiger partial charge in [-0.3, -0.25) is 4.79 Å². The number of rotatable bonds is 8. The number of amides is 1. The number of carbonyl (C=O) groups is 1. The van der Waals surface area contributed by atoms with Crippen molar-refractivity contribution in [1.29, 1.82) is 0 Å². The van der Waals surface area contributed by atoms with Crippen molar-refractivity contribution in [1.82, 2.24) is 5.32 Å². The number of aliphatic hydroxyl groups is 1. The first-order chi connectivity index (χ1) is 13.3. The fourth-order valence-corrected chi connectivity index (χ4v) is 4.18. The number of nitrogens with one attached hydrogen (secondary N) is 1. The van der Waals surface area contributed by atoms with Crippen LogP contribution in [0.2, 0.25) is 0 Å². The summed E-state index contributed by atoms with van der Waals surface area (Å²) in [6.45, 7) is -0.0108. The molecule has 2 aromatic heterocycles. The molecule has 3 aromatic rings. The Bertz CT molecular complexity index is 973. The van der Waals surface area contributed by atoms with E-state index in [0.717, 1.165) is 11.8 Å². The average molecular weight is 420 g/mol. The van der Waals surface area contributed by atoms with E-state index in [9.17, 15) is 18.3 Å². The number of thiophene rings is 1. The van der Waals surface area contributed by atoms with Crippen LogP contribution < -0.4 is 5.32 Å². The van der Waals surface area contributed by atoms with Crippen molar-refractivity contribution in [2.24, 2.45) is 0 Å². The maximum Gasteiger partial charge on any atom is 0.220 e. The molecular weight excluding hydrogens is 398 g/mol. The largest absolute Gasteiger partial charge is 0.466 e. The topological polar surface area (TPSA) is 96.6 Å². The van der Waals surface area contributed by atoms with E-state index >= 15 is 0 Å². The van der Waals surface area contributed by atoms with Crippen LogP contribution in [0.4, 0.5) is 0 Å². The number of furan rings is 1. The van der Waals surface area contributed by atoms with Crippen molar-refractivity contribution in [3.05, 3.63) is 76.4 Å². The Morgan fingerprint density at radius 1 is 1.21 bits per heavy atom. The van der Waals surface area contributed by atoms with Gasteiger partial charge >= 0.3 is 0 Å².